The highest BCUT2D eigenvalue weighted by atomic mass is 19.1. The standard InChI is InChI=1S/C17H22FN3O2/c18-13-6-4-12(5-7-13)16(11-2-1-3-11)21-17(23)19-10-15(22)20-14-8-9-14/h4-7,11,14,16H,1-3,8-10H2,(H,20,22)(H2,19,21,23)/t16-/m1/s1. The lowest BCUT2D eigenvalue weighted by Gasteiger charge is -2.34. The van der Waals surface area contributed by atoms with Crippen molar-refractivity contribution in [2.24, 2.45) is 5.92 Å². The van der Waals surface area contributed by atoms with Gasteiger partial charge in [0.05, 0.1) is 12.6 Å². The lowest BCUT2D eigenvalue weighted by atomic mass is 9.77. The van der Waals surface area contributed by atoms with Crippen molar-refractivity contribution in [2.45, 2.75) is 44.2 Å². The molecular weight excluding hydrogens is 297 g/mol. The summed E-state index contributed by atoms with van der Waals surface area (Å²) in [5.41, 5.74) is 0.897. The molecule has 0 heterocycles. The van der Waals surface area contributed by atoms with E-state index in [9.17, 15) is 14.0 Å². The number of hydrogen-bond acceptors (Lipinski definition) is 2. The lowest BCUT2D eigenvalue weighted by Crippen LogP contribution is -2.45. The van der Waals surface area contributed by atoms with Gasteiger partial charge in [-0.05, 0) is 49.3 Å². The van der Waals surface area contributed by atoms with E-state index in [0.29, 0.717) is 5.92 Å². The molecule has 1 aromatic carbocycles. The number of benzene rings is 1. The Kier molecular flexibility index (Phi) is 4.79. The highest BCUT2D eigenvalue weighted by Crippen LogP contribution is 2.37. The molecule has 3 rings (SSSR count). The van der Waals surface area contributed by atoms with Gasteiger partial charge >= 0.3 is 6.03 Å². The van der Waals surface area contributed by atoms with Crippen molar-refractivity contribution in [3.63, 3.8) is 0 Å². The van der Waals surface area contributed by atoms with Gasteiger partial charge < -0.3 is 16.0 Å². The normalized spacial score (nSPS) is 18.7. The van der Waals surface area contributed by atoms with E-state index in [0.717, 1.165) is 37.7 Å². The van der Waals surface area contributed by atoms with Crippen molar-refractivity contribution in [3.05, 3.63) is 35.6 Å². The maximum Gasteiger partial charge on any atom is 0.315 e. The number of halogens is 1. The molecule has 2 fully saturated rings. The van der Waals surface area contributed by atoms with Crippen LogP contribution < -0.4 is 16.0 Å². The molecule has 124 valence electrons. The third-order valence-corrected chi connectivity index (χ3v) is 4.49. The van der Waals surface area contributed by atoms with E-state index >= 15 is 0 Å². The van der Waals surface area contributed by atoms with Gasteiger partial charge in [-0.15, -0.1) is 0 Å². The molecule has 0 bridgehead atoms. The summed E-state index contributed by atoms with van der Waals surface area (Å²) in [6.07, 6.45) is 5.28. The van der Waals surface area contributed by atoms with Gasteiger partial charge in [-0.2, -0.15) is 0 Å². The third kappa shape index (κ3) is 4.43. The molecule has 1 atom stereocenters. The van der Waals surface area contributed by atoms with Gasteiger partial charge in [-0.25, -0.2) is 9.18 Å². The van der Waals surface area contributed by atoms with Crippen LogP contribution in [-0.4, -0.2) is 24.5 Å². The Morgan fingerprint density at radius 1 is 1.13 bits per heavy atom. The third-order valence-electron chi connectivity index (χ3n) is 4.49. The first-order valence-corrected chi connectivity index (χ1v) is 8.21. The summed E-state index contributed by atoms with van der Waals surface area (Å²) < 4.78 is 13.1. The summed E-state index contributed by atoms with van der Waals surface area (Å²) in [4.78, 5) is 23.7. The van der Waals surface area contributed by atoms with Crippen LogP contribution in [0.4, 0.5) is 9.18 Å². The number of carbonyl (C=O) groups excluding carboxylic acids is 2. The van der Waals surface area contributed by atoms with Gasteiger partial charge in [0.15, 0.2) is 0 Å². The van der Waals surface area contributed by atoms with E-state index < -0.39 is 0 Å². The molecule has 0 aromatic heterocycles. The van der Waals surface area contributed by atoms with E-state index in [-0.39, 0.29) is 36.4 Å². The maximum absolute atomic E-state index is 13.1. The first-order chi connectivity index (χ1) is 11.1. The smallest absolute Gasteiger partial charge is 0.315 e. The molecule has 2 saturated carbocycles. The van der Waals surface area contributed by atoms with Crippen LogP contribution in [0.1, 0.15) is 43.7 Å². The minimum absolute atomic E-state index is 0.0247. The topological polar surface area (TPSA) is 70.2 Å². The highest BCUT2D eigenvalue weighted by Gasteiger charge is 2.30. The number of carbonyl (C=O) groups is 2. The molecule has 3 amide bonds. The van der Waals surface area contributed by atoms with E-state index in [2.05, 4.69) is 16.0 Å². The fraction of sp³-hybridized carbons (Fsp3) is 0.529. The summed E-state index contributed by atoms with van der Waals surface area (Å²) in [6, 6.07) is 6.01. The van der Waals surface area contributed by atoms with Crippen LogP contribution in [0, 0.1) is 11.7 Å². The molecule has 0 unspecified atom stereocenters. The molecule has 23 heavy (non-hydrogen) atoms. The van der Waals surface area contributed by atoms with Crippen LogP contribution >= 0.6 is 0 Å². The van der Waals surface area contributed by atoms with Gasteiger partial charge in [0, 0.05) is 6.04 Å². The van der Waals surface area contributed by atoms with E-state index in [1.807, 2.05) is 0 Å². The molecule has 1 aromatic rings. The predicted molar refractivity (Wildman–Crippen MR) is 84.2 cm³/mol. The molecule has 2 aliphatic rings. The Morgan fingerprint density at radius 3 is 2.39 bits per heavy atom. The average Bonchev–Trinajstić information content (AvgIpc) is 3.27. The van der Waals surface area contributed by atoms with Crippen LogP contribution in [0.25, 0.3) is 0 Å². The van der Waals surface area contributed by atoms with Crippen LogP contribution in [0.3, 0.4) is 0 Å². The Labute approximate surface area is 135 Å². The van der Waals surface area contributed by atoms with Crippen molar-refractivity contribution >= 4 is 11.9 Å². The molecule has 2 aliphatic carbocycles. The summed E-state index contributed by atoms with van der Waals surface area (Å²) in [6.45, 7) is -0.0247. The summed E-state index contributed by atoms with van der Waals surface area (Å²) in [5.74, 6) is -0.0848. The van der Waals surface area contributed by atoms with Crippen molar-refractivity contribution in [1.82, 2.24) is 16.0 Å². The van der Waals surface area contributed by atoms with Gasteiger partial charge in [0.1, 0.15) is 5.82 Å². The number of amides is 3. The molecule has 0 spiro atoms. The van der Waals surface area contributed by atoms with Crippen LogP contribution in [-0.2, 0) is 4.79 Å². The predicted octanol–water partition coefficient (Wildman–Crippen LogP) is 2.24. The molecule has 0 aliphatic heterocycles. The number of hydrogen-bond donors (Lipinski definition) is 3. The summed E-state index contributed by atoms with van der Waals surface area (Å²) in [5, 5.41) is 8.34. The van der Waals surface area contributed by atoms with E-state index in [4.69, 9.17) is 0 Å². The minimum atomic E-state index is -0.364. The van der Waals surface area contributed by atoms with Crippen molar-refractivity contribution in [3.8, 4) is 0 Å². The number of rotatable bonds is 6. The van der Waals surface area contributed by atoms with Crippen LogP contribution in [0.15, 0.2) is 24.3 Å². The number of nitrogens with one attached hydrogen (secondary N) is 3. The second-order valence-corrected chi connectivity index (χ2v) is 6.39. The van der Waals surface area contributed by atoms with E-state index in [1.165, 1.54) is 12.1 Å². The average molecular weight is 319 g/mol. The van der Waals surface area contributed by atoms with Gasteiger partial charge in [-0.1, -0.05) is 18.6 Å². The SMILES string of the molecule is O=C(CNC(=O)N[C@@H](c1ccc(F)cc1)C1CCC1)NC1CC1. The first-order valence-electron chi connectivity index (χ1n) is 8.21. The Balaban J connectivity index is 1.53. The lowest BCUT2D eigenvalue weighted by molar-refractivity contribution is -0.120. The zero-order chi connectivity index (χ0) is 16.2. The zero-order valence-corrected chi connectivity index (χ0v) is 13.0. The molecular formula is C17H22FN3O2. The second kappa shape index (κ2) is 6.98. The highest BCUT2D eigenvalue weighted by molar-refractivity contribution is 5.84. The minimum Gasteiger partial charge on any atom is -0.352 e. The largest absolute Gasteiger partial charge is 0.352 e. The number of urea groups is 1. The Bertz CT molecular complexity index is 568. The van der Waals surface area contributed by atoms with E-state index in [1.54, 1.807) is 12.1 Å². The molecule has 6 heteroatoms. The van der Waals surface area contributed by atoms with Crippen LogP contribution in [0.2, 0.25) is 0 Å². The first kappa shape index (κ1) is 15.8. The summed E-state index contributed by atoms with van der Waals surface area (Å²) in [7, 11) is 0. The maximum atomic E-state index is 13.1. The second-order valence-electron chi connectivity index (χ2n) is 6.39. The monoisotopic (exact) mass is 319 g/mol. The molecule has 0 radical (unpaired) electrons. The van der Waals surface area contributed by atoms with Crippen molar-refractivity contribution in [1.29, 1.82) is 0 Å². The van der Waals surface area contributed by atoms with Crippen molar-refractivity contribution in [2.75, 3.05) is 6.54 Å². The molecule has 5 nitrogen and oxygen atoms in total. The molecule has 3 N–H and O–H groups in total. The quantitative estimate of drug-likeness (QED) is 0.752. The van der Waals surface area contributed by atoms with Gasteiger partial charge in [0.25, 0.3) is 0 Å². The van der Waals surface area contributed by atoms with Gasteiger partial charge in [0.2, 0.25) is 5.91 Å². The van der Waals surface area contributed by atoms with Crippen LogP contribution in [0.5, 0.6) is 0 Å². The Morgan fingerprint density at radius 2 is 1.83 bits per heavy atom. The fourth-order valence-corrected chi connectivity index (χ4v) is 2.78. The van der Waals surface area contributed by atoms with Crippen molar-refractivity contribution < 1.29 is 14.0 Å². The fourth-order valence-electron chi connectivity index (χ4n) is 2.78. The summed E-state index contributed by atoms with van der Waals surface area (Å²) >= 11 is 0. The zero-order valence-electron chi connectivity index (χ0n) is 13.0. The molecule has 0 saturated heterocycles. The Hall–Kier alpha value is -2.11. The van der Waals surface area contributed by atoms with Gasteiger partial charge in [-0.3, -0.25) is 4.79 Å².